The number of aliphatic hydroxyl groups is 1. The van der Waals surface area contributed by atoms with Crippen molar-refractivity contribution < 1.29 is 19.4 Å². The molecule has 0 heterocycles. The summed E-state index contributed by atoms with van der Waals surface area (Å²) in [5.41, 5.74) is -0.859. The fourth-order valence-electron chi connectivity index (χ4n) is 2.32. The van der Waals surface area contributed by atoms with Crippen LogP contribution in [0.25, 0.3) is 0 Å². The van der Waals surface area contributed by atoms with Gasteiger partial charge < -0.3 is 15.2 Å². The van der Waals surface area contributed by atoms with Crippen molar-refractivity contribution in [2.24, 2.45) is 0 Å². The number of hydrogen-bond donors (Lipinski definition) is 2. The second kappa shape index (κ2) is 7.07. The van der Waals surface area contributed by atoms with Crippen LogP contribution in [0.15, 0.2) is 60.7 Å². The first-order chi connectivity index (χ1) is 11.0. The molecule has 0 aromatic heterocycles. The third-order valence-corrected chi connectivity index (χ3v) is 3.61. The number of benzene rings is 2. The summed E-state index contributed by atoms with van der Waals surface area (Å²) >= 11 is 0. The summed E-state index contributed by atoms with van der Waals surface area (Å²) in [6, 6.07) is 16.5. The van der Waals surface area contributed by atoms with E-state index < -0.39 is 17.6 Å². The van der Waals surface area contributed by atoms with Crippen molar-refractivity contribution in [1.82, 2.24) is 5.32 Å². The van der Waals surface area contributed by atoms with Gasteiger partial charge in [-0.05, 0) is 24.6 Å². The second-order valence-electron chi connectivity index (χ2n) is 5.32. The normalized spacial score (nSPS) is 14.4. The Morgan fingerprint density at radius 2 is 1.57 bits per heavy atom. The SMILES string of the molecule is COC(=O)[C@](C)(O)[C@@H](NC(=O)c1ccccc1)c1ccccc1. The van der Waals surface area contributed by atoms with Gasteiger partial charge in [-0.2, -0.15) is 0 Å². The molecule has 2 atom stereocenters. The lowest BCUT2D eigenvalue weighted by molar-refractivity contribution is -0.163. The summed E-state index contributed by atoms with van der Waals surface area (Å²) in [5, 5.41) is 13.3. The van der Waals surface area contributed by atoms with Gasteiger partial charge in [0.1, 0.15) is 0 Å². The van der Waals surface area contributed by atoms with Gasteiger partial charge in [0.2, 0.25) is 0 Å². The summed E-state index contributed by atoms with van der Waals surface area (Å²) in [6.45, 7) is 1.32. The minimum absolute atomic E-state index is 0.386. The molecule has 0 saturated carbocycles. The fraction of sp³-hybridized carbons (Fsp3) is 0.222. The number of methoxy groups -OCH3 is 1. The summed E-state index contributed by atoms with van der Waals surface area (Å²) in [6.07, 6.45) is 0. The van der Waals surface area contributed by atoms with E-state index in [4.69, 9.17) is 0 Å². The highest BCUT2D eigenvalue weighted by Gasteiger charge is 2.42. The molecular formula is C18H19NO4. The van der Waals surface area contributed by atoms with Crippen molar-refractivity contribution in [1.29, 1.82) is 0 Å². The van der Waals surface area contributed by atoms with Crippen LogP contribution in [0.2, 0.25) is 0 Å². The number of rotatable bonds is 5. The Labute approximate surface area is 134 Å². The van der Waals surface area contributed by atoms with Gasteiger partial charge in [0, 0.05) is 5.56 Å². The van der Waals surface area contributed by atoms with Gasteiger partial charge >= 0.3 is 5.97 Å². The maximum atomic E-state index is 12.4. The van der Waals surface area contributed by atoms with Gasteiger partial charge in [-0.1, -0.05) is 48.5 Å². The highest BCUT2D eigenvalue weighted by atomic mass is 16.5. The molecule has 120 valence electrons. The summed E-state index contributed by atoms with van der Waals surface area (Å²) in [4.78, 5) is 24.4. The van der Waals surface area contributed by atoms with Crippen LogP contribution >= 0.6 is 0 Å². The zero-order valence-corrected chi connectivity index (χ0v) is 13.0. The average molecular weight is 313 g/mol. The van der Waals surface area contributed by atoms with Crippen molar-refractivity contribution in [2.45, 2.75) is 18.6 Å². The molecule has 2 N–H and O–H groups in total. The van der Waals surface area contributed by atoms with Crippen molar-refractivity contribution >= 4 is 11.9 Å². The van der Waals surface area contributed by atoms with E-state index in [-0.39, 0.29) is 5.91 Å². The lowest BCUT2D eigenvalue weighted by atomic mass is 9.89. The highest BCUT2D eigenvalue weighted by molar-refractivity contribution is 5.95. The Hall–Kier alpha value is -2.66. The summed E-state index contributed by atoms with van der Waals surface area (Å²) in [7, 11) is 1.19. The minimum atomic E-state index is -1.90. The number of hydrogen-bond acceptors (Lipinski definition) is 4. The number of carbonyl (C=O) groups is 2. The molecule has 0 saturated heterocycles. The Morgan fingerprint density at radius 1 is 1.04 bits per heavy atom. The topological polar surface area (TPSA) is 75.6 Å². The van der Waals surface area contributed by atoms with Gasteiger partial charge in [-0.25, -0.2) is 4.79 Å². The molecule has 0 aliphatic heterocycles. The van der Waals surface area contributed by atoms with Crippen molar-refractivity contribution in [2.75, 3.05) is 7.11 Å². The quantitative estimate of drug-likeness (QED) is 0.829. The van der Waals surface area contributed by atoms with E-state index >= 15 is 0 Å². The highest BCUT2D eigenvalue weighted by Crippen LogP contribution is 2.27. The number of nitrogens with one attached hydrogen (secondary N) is 1. The van der Waals surface area contributed by atoms with E-state index in [1.807, 2.05) is 6.07 Å². The molecule has 2 aromatic carbocycles. The van der Waals surface area contributed by atoms with Crippen LogP contribution in [0.5, 0.6) is 0 Å². The molecule has 0 aliphatic carbocycles. The Balaban J connectivity index is 2.35. The predicted molar refractivity (Wildman–Crippen MR) is 85.7 cm³/mol. The maximum absolute atomic E-state index is 12.4. The summed E-state index contributed by atoms with van der Waals surface area (Å²) < 4.78 is 4.66. The van der Waals surface area contributed by atoms with Gasteiger partial charge in [0.05, 0.1) is 13.2 Å². The van der Waals surface area contributed by atoms with Gasteiger partial charge in [-0.3, -0.25) is 4.79 Å². The Bertz CT molecular complexity index is 668. The molecule has 0 unspecified atom stereocenters. The summed E-state index contributed by atoms with van der Waals surface area (Å²) in [5.74, 6) is -1.21. The molecule has 1 amide bonds. The molecular weight excluding hydrogens is 294 g/mol. The van der Waals surface area contributed by atoms with Crippen LogP contribution in [-0.2, 0) is 9.53 Å². The van der Waals surface area contributed by atoms with E-state index in [1.54, 1.807) is 54.6 Å². The zero-order chi connectivity index (χ0) is 16.9. The first kappa shape index (κ1) is 16.7. The molecule has 23 heavy (non-hydrogen) atoms. The molecule has 0 fully saturated rings. The second-order valence-corrected chi connectivity index (χ2v) is 5.32. The standard InChI is InChI=1S/C18H19NO4/c1-18(22,17(21)23-2)15(13-9-5-3-6-10-13)19-16(20)14-11-7-4-8-12-14/h3-12,15,22H,1-2H3,(H,19,20)/t15-,18+/m0/s1. The third kappa shape index (κ3) is 3.76. The lowest BCUT2D eigenvalue weighted by Crippen LogP contribution is -2.50. The van der Waals surface area contributed by atoms with Crippen LogP contribution in [0.1, 0.15) is 28.9 Å². The van der Waals surface area contributed by atoms with E-state index in [2.05, 4.69) is 10.1 Å². The van der Waals surface area contributed by atoms with Crippen molar-refractivity contribution in [3.05, 3.63) is 71.8 Å². The minimum Gasteiger partial charge on any atom is -0.467 e. The fourth-order valence-corrected chi connectivity index (χ4v) is 2.32. The van der Waals surface area contributed by atoms with E-state index in [0.717, 1.165) is 0 Å². The van der Waals surface area contributed by atoms with Crippen LogP contribution in [0.4, 0.5) is 0 Å². The predicted octanol–water partition coefficient (Wildman–Crippen LogP) is 2.08. The monoisotopic (exact) mass is 313 g/mol. The molecule has 2 aromatic rings. The molecule has 0 radical (unpaired) electrons. The third-order valence-electron chi connectivity index (χ3n) is 3.61. The lowest BCUT2D eigenvalue weighted by Gasteiger charge is -2.31. The Kier molecular flexibility index (Phi) is 5.13. The van der Waals surface area contributed by atoms with E-state index in [0.29, 0.717) is 11.1 Å². The molecule has 0 bridgehead atoms. The van der Waals surface area contributed by atoms with Crippen molar-refractivity contribution in [3.8, 4) is 0 Å². The molecule has 5 nitrogen and oxygen atoms in total. The van der Waals surface area contributed by atoms with Crippen LogP contribution in [0.3, 0.4) is 0 Å². The molecule has 0 aliphatic rings. The van der Waals surface area contributed by atoms with E-state index in [1.165, 1.54) is 14.0 Å². The van der Waals surface area contributed by atoms with Crippen LogP contribution in [0, 0.1) is 0 Å². The molecule has 0 spiro atoms. The Morgan fingerprint density at radius 3 is 2.09 bits per heavy atom. The first-order valence-electron chi connectivity index (χ1n) is 7.18. The maximum Gasteiger partial charge on any atom is 0.340 e. The van der Waals surface area contributed by atoms with Gasteiger partial charge in [-0.15, -0.1) is 0 Å². The zero-order valence-electron chi connectivity index (χ0n) is 13.0. The van der Waals surface area contributed by atoms with Crippen LogP contribution in [-0.4, -0.2) is 29.7 Å². The van der Waals surface area contributed by atoms with Gasteiger partial charge in [0.15, 0.2) is 5.60 Å². The number of carbonyl (C=O) groups excluding carboxylic acids is 2. The van der Waals surface area contributed by atoms with Gasteiger partial charge in [0.25, 0.3) is 5.91 Å². The largest absolute Gasteiger partial charge is 0.467 e. The average Bonchev–Trinajstić information content (AvgIpc) is 2.60. The number of esters is 1. The smallest absolute Gasteiger partial charge is 0.340 e. The molecule has 2 rings (SSSR count). The van der Waals surface area contributed by atoms with Crippen molar-refractivity contribution in [3.63, 3.8) is 0 Å². The molecule has 5 heteroatoms. The number of amides is 1. The first-order valence-corrected chi connectivity index (χ1v) is 7.18. The van der Waals surface area contributed by atoms with Crippen LogP contribution < -0.4 is 5.32 Å². The number of ether oxygens (including phenoxy) is 1. The van der Waals surface area contributed by atoms with E-state index in [9.17, 15) is 14.7 Å².